The summed E-state index contributed by atoms with van der Waals surface area (Å²) in [6.07, 6.45) is 0. The van der Waals surface area contributed by atoms with Gasteiger partial charge in [0.25, 0.3) is 0 Å². The molecule has 4 heteroatoms. The number of nitrogen functional groups attached to an aromatic ring is 1. The Morgan fingerprint density at radius 2 is 1.75 bits per heavy atom. The topological polar surface area (TPSA) is 62.7 Å². The van der Waals surface area contributed by atoms with Crippen molar-refractivity contribution in [2.75, 3.05) is 5.73 Å². The smallest absolute Gasteiger partial charge is 0.123 e. The number of anilines is 1. The van der Waals surface area contributed by atoms with Crippen LogP contribution >= 0.6 is 0 Å². The molecule has 3 nitrogen and oxygen atoms in total. The highest BCUT2D eigenvalue weighted by atomic mass is 19.1. The first-order valence-corrected chi connectivity index (χ1v) is 6.05. The number of nitrogens with zero attached hydrogens (tertiary/aromatic N) is 2. The van der Waals surface area contributed by atoms with E-state index in [0.717, 1.165) is 5.39 Å². The number of nitrogens with two attached hydrogens (primary N) is 1. The van der Waals surface area contributed by atoms with Crippen LogP contribution in [0.25, 0.3) is 22.2 Å². The fourth-order valence-corrected chi connectivity index (χ4v) is 2.17. The maximum atomic E-state index is 13.0. The number of rotatable bonds is 1. The number of pyridine rings is 1. The third-order valence-corrected chi connectivity index (χ3v) is 3.16. The first-order chi connectivity index (χ1) is 9.70. The van der Waals surface area contributed by atoms with Gasteiger partial charge in [0.1, 0.15) is 17.4 Å². The summed E-state index contributed by atoms with van der Waals surface area (Å²) in [5, 5.41) is 10.1. The summed E-state index contributed by atoms with van der Waals surface area (Å²) in [5.74, 6) is -0.332. The molecule has 1 aromatic heterocycles. The monoisotopic (exact) mass is 263 g/mol. The Labute approximate surface area is 115 Å². The predicted octanol–water partition coefficient (Wildman–Crippen LogP) is 3.49. The van der Waals surface area contributed by atoms with Crippen molar-refractivity contribution in [1.82, 2.24) is 4.98 Å². The maximum Gasteiger partial charge on any atom is 0.123 e. The lowest BCUT2D eigenvalue weighted by atomic mass is 10.0. The maximum absolute atomic E-state index is 13.0. The molecule has 0 amide bonds. The molecule has 3 aromatic rings. The van der Waals surface area contributed by atoms with Gasteiger partial charge in [-0.1, -0.05) is 18.2 Å². The Bertz CT molecular complexity index is 833. The molecular formula is C16H10FN3. The van der Waals surface area contributed by atoms with Crippen molar-refractivity contribution in [2.45, 2.75) is 0 Å². The fourth-order valence-electron chi connectivity index (χ4n) is 2.17. The van der Waals surface area contributed by atoms with Gasteiger partial charge in [-0.15, -0.1) is 0 Å². The molecule has 0 unspecified atom stereocenters. The fraction of sp³-hybridized carbons (Fsp3) is 0. The van der Waals surface area contributed by atoms with Gasteiger partial charge in [0, 0.05) is 10.9 Å². The van der Waals surface area contributed by atoms with Crippen LogP contribution in [0.2, 0.25) is 0 Å². The zero-order valence-electron chi connectivity index (χ0n) is 10.5. The van der Waals surface area contributed by atoms with E-state index in [1.165, 1.54) is 12.1 Å². The molecule has 96 valence electrons. The minimum atomic E-state index is -0.332. The molecule has 2 aromatic carbocycles. The minimum absolute atomic E-state index is 0.315. The van der Waals surface area contributed by atoms with Crippen LogP contribution in [-0.2, 0) is 0 Å². The van der Waals surface area contributed by atoms with Crippen LogP contribution in [0, 0.1) is 17.1 Å². The SMILES string of the molecule is N#Cc1c(-c2ccc(F)cc2)nc2ccccc2c1N. The van der Waals surface area contributed by atoms with Crippen LogP contribution in [0.1, 0.15) is 5.56 Å². The van der Waals surface area contributed by atoms with E-state index in [1.807, 2.05) is 24.3 Å². The Balaban J connectivity index is 2.35. The highest BCUT2D eigenvalue weighted by molar-refractivity contribution is 5.96. The highest BCUT2D eigenvalue weighted by Crippen LogP contribution is 2.31. The number of fused-ring (bicyclic) bond motifs is 1. The molecule has 0 aliphatic rings. The number of para-hydroxylation sites is 1. The van der Waals surface area contributed by atoms with E-state index in [4.69, 9.17) is 5.73 Å². The number of benzene rings is 2. The van der Waals surface area contributed by atoms with Crippen molar-refractivity contribution in [3.8, 4) is 17.3 Å². The van der Waals surface area contributed by atoms with Crippen molar-refractivity contribution < 1.29 is 4.39 Å². The summed E-state index contributed by atoms with van der Waals surface area (Å²) in [5.41, 5.74) is 8.63. The largest absolute Gasteiger partial charge is 0.397 e. The van der Waals surface area contributed by atoms with E-state index in [2.05, 4.69) is 11.1 Å². The molecule has 0 radical (unpaired) electrons. The Morgan fingerprint density at radius 3 is 2.45 bits per heavy atom. The first kappa shape index (κ1) is 12.1. The van der Waals surface area contributed by atoms with E-state index < -0.39 is 0 Å². The molecule has 0 saturated heterocycles. The summed E-state index contributed by atoms with van der Waals surface area (Å²) < 4.78 is 13.0. The molecule has 3 rings (SSSR count). The van der Waals surface area contributed by atoms with Gasteiger partial charge in [0.15, 0.2) is 0 Å². The van der Waals surface area contributed by atoms with Crippen molar-refractivity contribution in [3.63, 3.8) is 0 Å². The number of nitriles is 1. The van der Waals surface area contributed by atoms with Crippen molar-refractivity contribution in [2.24, 2.45) is 0 Å². The van der Waals surface area contributed by atoms with E-state index >= 15 is 0 Å². The van der Waals surface area contributed by atoms with Gasteiger partial charge in [-0.3, -0.25) is 0 Å². The minimum Gasteiger partial charge on any atom is -0.397 e. The summed E-state index contributed by atoms with van der Waals surface area (Å²) in [6.45, 7) is 0. The van der Waals surface area contributed by atoms with E-state index in [9.17, 15) is 9.65 Å². The summed E-state index contributed by atoms with van der Waals surface area (Å²) in [4.78, 5) is 4.48. The second kappa shape index (κ2) is 4.63. The van der Waals surface area contributed by atoms with E-state index in [0.29, 0.717) is 28.0 Å². The van der Waals surface area contributed by atoms with Crippen LogP contribution in [-0.4, -0.2) is 4.98 Å². The molecular weight excluding hydrogens is 253 g/mol. The van der Waals surface area contributed by atoms with Gasteiger partial charge in [-0.05, 0) is 30.3 Å². The normalized spacial score (nSPS) is 10.4. The van der Waals surface area contributed by atoms with Gasteiger partial charge in [0.2, 0.25) is 0 Å². The second-order valence-electron chi connectivity index (χ2n) is 4.38. The Morgan fingerprint density at radius 1 is 1.05 bits per heavy atom. The summed E-state index contributed by atoms with van der Waals surface area (Å²) in [6, 6.07) is 15.3. The molecule has 0 atom stereocenters. The molecule has 2 N–H and O–H groups in total. The lowest BCUT2D eigenvalue weighted by Gasteiger charge is -2.09. The number of hydrogen-bond donors (Lipinski definition) is 1. The van der Waals surface area contributed by atoms with Gasteiger partial charge in [-0.2, -0.15) is 5.26 Å². The molecule has 0 aliphatic heterocycles. The molecule has 0 saturated carbocycles. The molecule has 0 bridgehead atoms. The van der Waals surface area contributed by atoms with Crippen LogP contribution < -0.4 is 5.73 Å². The van der Waals surface area contributed by atoms with Gasteiger partial charge < -0.3 is 5.73 Å². The van der Waals surface area contributed by atoms with Gasteiger partial charge in [-0.25, -0.2) is 9.37 Å². The lowest BCUT2D eigenvalue weighted by Crippen LogP contribution is -1.98. The third-order valence-electron chi connectivity index (χ3n) is 3.16. The average Bonchev–Trinajstić information content (AvgIpc) is 2.48. The lowest BCUT2D eigenvalue weighted by molar-refractivity contribution is 0.628. The van der Waals surface area contributed by atoms with E-state index in [-0.39, 0.29) is 5.82 Å². The van der Waals surface area contributed by atoms with E-state index in [1.54, 1.807) is 12.1 Å². The molecule has 1 heterocycles. The standard InChI is InChI=1S/C16H10FN3/c17-11-7-5-10(6-8-11)16-13(9-18)15(19)12-3-1-2-4-14(12)20-16/h1-8H,(H2,19,20). The zero-order valence-corrected chi connectivity index (χ0v) is 10.5. The van der Waals surface area contributed by atoms with Crippen LogP contribution in [0.4, 0.5) is 10.1 Å². The first-order valence-electron chi connectivity index (χ1n) is 6.05. The quantitative estimate of drug-likeness (QED) is 0.731. The van der Waals surface area contributed by atoms with Crippen LogP contribution in [0.15, 0.2) is 48.5 Å². The van der Waals surface area contributed by atoms with Gasteiger partial charge in [0.05, 0.1) is 16.9 Å². The second-order valence-corrected chi connectivity index (χ2v) is 4.38. The number of halogens is 1. The zero-order chi connectivity index (χ0) is 14.1. The van der Waals surface area contributed by atoms with Crippen molar-refractivity contribution in [3.05, 3.63) is 59.9 Å². The van der Waals surface area contributed by atoms with Crippen LogP contribution in [0.5, 0.6) is 0 Å². The highest BCUT2D eigenvalue weighted by Gasteiger charge is 2.14. The molecule has 0 spiro atoms. The molecule has 0 fully saturated rings. The number of hydrogen-bond acceptors (Lipinski definition) is 3. The average molecular weight is 263 g/mol. The predicted molar refractivity (Wildman–Crippen MR) is 76.3 cm³/mol. The Hall–Kier alpha value is -2.93. The Kier molecular flexibility index (Phi) is 2.81. The molecule has 0 aliphatic carbocycles. The third kappa shape index (κ3) is 1.86. The van der Waals surface area contributed by atoms with Crippen LogP contribution in [0.3, 0.4) is 0 Å². The van der Waals surface area contributed by atoms with Crippen molar-refractivity contribution >= 4 is 16.6 Å². The number of aromatic nitrogens is 1. The molecule has 20 heavy (non-hydrogen) atoms. The summed E-state index contributed by atoms with van der Waals surface area (Å²) in [7, 11) is 0. The summed E-state index contributed by atoms with van der Waals surface area (Å²) >= 11 is 0. The van der Waals surface area contributed by atoms with Crippen molar-refractivity contribution in [1.29, 1.82) is 5.26 Å². The van der Waals surface area contributed by atoms with Gasteiger partial charge >= 0.3 is 0 Å².